The molecule has 2 unspecified atom stereocenters. The van der Waals surface area contributed by atoms with Gasteiger partial charge in [-0.3, -0.25) is 4.99 Å². The van der Waals surface area contributed by atoms with Gasteiger partial charge in [0.2, 0.25) is 0 Å². The highest BCUT2D eigenvalue weighted by Gasteiger charge is 2.35. The molecule has 1 saturated heterocycles. The highest BCUT2D eigenvalue weighted by molar-refractivity contribution is 5.80. The van der Waals surface area contributed by atoms with Gasteiger partial charge in [0.25, 0.3) is 0 Å². The van der Waals surface area contributed by atoms with Gasteiger partial charge >= 0.3 is 0 Å². The number of hydrogen-bond acceptors (Lipinski definition) is 2. The van der Waals surface area contributed by atoms with E-state index < -0.39 is 0 Å². The summed E-state index contributed by atoms with van der Waals surface area (Å²) in [6, 6.07) is 0.657. The average Bonchev–Trinajstić information content (AvgIpc) is 3.36. The maximum Gasteiger partial charge on any atom is 0.194 e. The van der Waals surface area contributed by atoms with Crippen LogP contribution in [-0.4, -0.2) is 49.2 Å². The van der Waals surface area contributed by atoms with Gasteiger partial charge in [0.1, 0.15) is 0 Å². The Labute approximate surface area is 123 Å². The van der Waals surface area contributed by atoms with Crippen molar-refractivity contribution in [3.63, 3.8) is 0 Å². The Kier molecular flexibility index (Phi) is 4.49. The molecule has 114 valence electrons. The number of hydrogen-bond donors (Lipinski definition) is 1. The second-order valence-electron chi connectivity index (χ2n) is 6.72. The van der Waals surface area contributed by atoms with Gasteiger partial charge in [-0.2, -0.15) is 0 Å². The number of nitrogens with one attached hydrogen (secondary N) is 1. The van der Waals surface area contributed by atoms with Crippen LogP contribution in [0.25, 0.3) is 0 Å². The van der Waals surface area contributed by atoms with E-state index in [0.29, 0.717) is 12.1 Å². The molecule has 3 fully saturated rings. The number of piperidine rings is 1. The lowest BCUT2D eigenvalue weighted by Gasteiger charge is -2.34. The predicted molar refractivity (Wildman–Crippen MR) is 82.0 cm³/mol. The van der Waals surface area contributed by atoms with Gasteiger partial charge < -0.3 is 15.0 Å². The summed E-state index contributed by atoms with van der Waals surface area (Å²) in [7, 11) is 0. The van der Waals surface area contributed by atoms with Crippen molar-refractivity contribution in [3.05, 3.63) is 0 Å². The zero-order valence-electron chi connectivity index (χ0n) is 13.0. The summed E-state index contributed by atoms with van der Waals surface area (Å²) in [5.74, 6) is 2.82. The Morgan fingerprint density at radius 1 is 1.25 bits per heavy atom. The number of guanidine groups is 1. The van der Waals surface area contributed by atoms with E-state index in [-0.39, 0.29) is 0 Å². The molecule has 20 heavy (non-hydrogen) atoms. The first-order chi connectivity index (χ1) is 9.76. The van der Waals surface area contributed by atoms with E-state index in [1.54, 1.807) is 0 Å². The van der Waals surface area contributed by atoms with Crippen LogP contribution in [0.3, 0.4) is 0 Å². The number of rotatable bonds is 5. The molecule has 0 bridgehead atoms. The van der Waals surface area contributed by atoms with Crippen molar-refractivity contribution in [2.45, 2.75) is 58.1 Å². The molecule has 3 aliphatic rings. The molecule has 4 heteroatoms. The standard InChI is InChI=1S/C16H29N3O/c1-3-17-16(18-15-10-12(15)2)19-8-6-14(7-9-19)20-11-13-4-5-13/h12-15H,3-11H2,1-2H3,(H,17,18). The minimum Gasteiger partial charge on any atom is -0.378 e. The zero-order chi connectivity index (χ0) is 13.9. The van der Waals surface area contributed by atoms with E-state index in [0.717, 1.165) is 56.9 Å². The number of ether oxygens (including phenoxy) is 1. The van der Waals surface area contributed by atoms with E-state index in [1.807, 2.05) is 0 Å². The zero-order valence-corrected chi connectivity index (χ0v) is 13.0. The summed E-state index contributed by atoms with van der Waals surface area (Å²) in [6.07, 6.45) is 6.85. The quantitative estimate of drug-likeness (QED) is 0.619. The SMILES string of the molecule is CCN=C(NC1CC1C)N1CCC(OCC2CC2)CC1. The maximum absolute atomic E-state index is 6.02. The molecule has 0 radical (unpaired) electrons. The summed E-state index contributed by atoms with van der Waals surface area (Å²) in [5, 5.41) is 3.62. The molecule has 1 aliphatic heterocycles. The predicted octanol–water partition coefficient (Wildman–Crippen LogP) is 2.25. The van der Waals surface area contributed by atoms with Crippen molar-refractivity contribution >= 4 is 5.96 Å². The average molecular weight is 279 g/mol. The van der Waals surface area contributed by atoms with Gasteiger partial charge in [-0.1, -0.05) is 6.92 Å². The van der Waals surface area contributed by atoms with E-state index in [1.165, 1.54) is 19.3 Å². The molecular weight excluding hydrogens is 250 g/mol. The van der Waals surface area contributed by atoms with E-state index in [2.05, 4.69) is 29.1 Å². The van der Waals surface area contributed by atoms with Crippen LogP contribution < -0.4 is 5.32 Å². The van der Waals surface area contributed by atoms with E-state index in [4.69, 9.17) is 4.74 Å². The topological polar surface area (TPSA) is 36.9 Å². The third-order valence-electron chi connectivity index (χ3n) is 4.74. The Bertz CT molecular complexity index is 346. The van der Waals surface area contributed by atoms with Crippen molar-refractivity contribution in [2.75, 3.05) is 26.2 Å². The lowest BCUT2D eigenvalue weighted by Crippen LogP contribution is -2.48. The fraction of sp³-hybridized carbons (Fsp3) is 0.938. The molecule has 1 N–H and O–H groups in total. The molecule has 0 aromatic heterocycles. The van der Waals surface area contributed by atoms with Gasteiger partial charge in [0.05, 0.1) is 6.10 Å². The maximum atomic E-state index is 6.02. The fourth-order valence-corrected chi connectivity index (χ4v) is 2.87. The van der Waals surface area contributed by atoms with Crippen molar-refractivity contribution in [1.82, 2.24) is 10.2 Å². The van der Waals surface area contributed by atoms with Crippen LogP contribution in [0, 0.1) is 11.8 Å². The summed E-state index contributed by atoms with van der Waals surface area (Å²) in [5.41, 5.74) is 0. The molecular formula is C16H29N3O. The molecule has 3 rings (SSSR count). The third-order valence-corrected chi connectivity index (χ3v) is 4.74. The Morgan fingerprint density at radius 2 is 1.95 bits per heavy atom. The summed E-state index contributed by atoms with van der Waals surface area (Å²) >= 11 is 0. The highest BCUT2D eigenvalue weighted by Crippen LogP contribution is 2.31. The molecule has 2 saturated carbocycles. The Hall–Kier alpha value is -0.770. The van der Waals surface area contributed by atoms with Gasteiger partial charge in [0.15, 0.2) is 5.96 Å². The molecule has 4 nitrogen and oxygen atoms in total. The third kappa shape index (κ3) is 3.87. The first-order valence-corrected chi connectivity index (χ1v) is 8.43. The molecule has 2 atom stereocenters. The van der Waals surface area contributed by atoms with Crippen LogP contribution in [0.1, 0.15) is 46.0 Å². The van der Waals surface area contributed by atoms with Gasteiger partial charge in [-0.25, -0.2) is 0 Å². The monoisotopic (exact) mass is 279 g/mol. The molecule has 1 heterocycles. The van der Waals surface area contributed by atoms with E-state index >= 15 is 0 Å². The molecule has 0 spiro atoms. The first-order valence-electron chi connectivity index (χ1n) is 8.43. The molecule has 0 aromatic carbocycles. The minimum atomic E-state index is 0.481. The van der Waals surface area contributed by atoms with Crippen molar-refractivity contribution in [3.8, 4) is 0 Å². The molecule has 2 aliphatic carbocycles. The van der Waals surface area contributed by atoms with Gasteiger partial charge in [-0.15, -0.1) is 0 Å². The smallest absolute Gasteiger partial charge is 0.194 e. The summed E-state index contributed by atoms with van der Waals surface area (Å²) in [4.78, 5) is 7.08. The fourth-order valence-electron chi connectivity index (χ4n) is 2.87. The van der Waals surface area contributed by atoms with Crippen LogP contribution >= 0.6 is 0 Å². The van der Waals surface area contributed by atoms with E-state index in [9.17, 15) is 0 Å². The normalized spacial score (nSPS) is 31.5. The van der Waals surface area contributed by atoms with Gasteiger partial charge in [0, 0.05) is 32.3 Å². The van der Waals surface area contributed by atoms with Crippen LogP contribution in [0.15, 0.2) is 4.99 Å². The van der Waals surface area contributed by atoms with Crippen LogP contribution in [-0.2, 0) is 4.74 Å². The number of aliphatic imine (C=N–C) groups is 1. The largest absolute Gasteiger partial charge is 0.378 e. The van der Waals surface area contributed by atoms with Crippen LogP contribution in [0.4, 0.5) is 0 Å². The second-order valence-corrected chi connectivity index (χ2v) is 6.72. The molecule has 0 aromatic rings. The van der Waals surface area contributed by atoms with Gasteiger partial charge in [-0.05, 0) is 50.9 Å². The Morgan fingerprint density at radius 3 is 2.50 bits per heavy atom. The highest BCUT2D eigenvalue weighted by atomic mass is 16.5. The van der Waals surface area contributed by atoms with Crippen molar-refractivity contribution in [2.24, 2.45) is 16.8 Å². The Balaban J connectivity index is 1.43. The van der Waals surface area contributed by atoms with Crippen molar-refractivity contribution in [1.29, 1.82) is 0 Å². The van der Waals surface area contributed by atoms with Crippen LogP contribution in [0.5, 0.6) is 0 Å². The first kappa shape index (κ1) is 14.2. The summed E-state index contributed by atoms with van der Waals surface area (Å²) in [6.45, 7) is 8.45. The second kappa shape index (κ2) is 6.33. The lowest BCUT2D eigenvalue weighted by molar-refractivity contribution is 0.0130. The summed E-state index contributed by atoms with van der Waals surface area (Å²) < 4.78 is 6.02. The minimum absolute atomic E-state index is 0.481. The lowest BCUT2D eigenvalue weighted by atomic mass is 10.1. The molecule has 0 amide bonds. The number of nitrogens with zero attached hydrogens (tertiary/aromatic N) is 2. The number of likely N-dealkylation sites (tertiary alicyclic amines) is 1. The van der Waals surface area contributed by atoms with Crippen LogP contribution in [0.2, 0.25) is 0 Å². The van der Waals surface area contributed by atoms with Crippen molar-refractivity contribution < 1.29 is 4.74 Å².